The standard InChI is InChI=1S/C20H20FNO5S/c1-13(20(24)22-11-14-2-4-15(21)5-3-14)27-19(23)12-28-16-6-7-17-18(10-16)26-9-8-25-17/h2-7,10,13H,8-9,11-12H2,1H3,(H,22,24)/t13-/m0/s1. The van der Waals surface area contributed by atoms with E-state index in [4.69, 9.17) is 14.2 Å². The summed E-state index contributed by atoms with van der Waals surface area (Å²) in [5, 5.41) is 2.66. The monoisotopic (exact) mass is 405 g/mol. The van der Waals surface area contributed by atoms with Gasteiger partial charge in [0.2, 0.25) is 0 Å². The van der Waals surface area contributed by atoms with E-state index in [9.17, 15) is 14.0 Å². The van der Waals surface area contributed by atoms with Crippen LogP contribution in [0.25, 0.3) is 0 Å². The van der Waals surface area contributed by atoms with Crippen molar-refractivity contribution < 1.29 is 28.2 Å². The molecule has 148 valence electrons. The first-order chi connectivity index (χ1) is 13.5. The minimum Gasteiger partial charge on any atom is -0.486 e. The number of rotatable bonds is 7. The van der Waals surface area contributed by atoms with E-state index in [1.165, 1.54) is 30.8 Å². The smallest absolute Gasteiger partial charge is 0.317 e. The molecule has 0 fully saturated rings. The number of benzene rings is 2. The lowest BCUT2D eigenvalue weighted by Crippen LogP contribution is -2.35. The summed E-state index contributed by atoms with van der Waals surface area (Å²) in [4.78, 5) is 24.9. The fourth-order valence-electron chi connectivity index (χ4n) is 2.48. The number of hydrogen-bond donors (Lipinski definition) is 1. The van der Waals surface area contributed by atoms with Gasteiger partial charge in [-0.3, -0.25) is 9.59 Å². The largest absolute Gasteiger partial charge is 0.486 e. The van der Waals surface area contributed by atoms with E-state index in [0.717, 1.165) is 10.5 Å². The second-order valence-electron chi connectivity index (χ2n) is 6.07. The minimum absolute atomic E-state index is 0.0647. The Hall–Kier alpha value is -2.74. The first kappa shape index (κ1) is 20.0. The third-order valence-corrected chi connectivity index (χ3v) is 4.90. The van der Waals surface area contributed by atoms with Gasteiger partial charge in [0.1, 0.15) is 19.0 Å². The zero-order valence-electron chi connectivity index (χ0n) is 15.3. The molecule has 1 amide bonds. The Bertz CT molecular complexity index is 843. The van der Waals surface area contributed by atoms with Crippen LogP contribution < -0.4 is 14.8 Å². The summed E-state index contributed by atoms with van der Waals surface area (Å²) in [5.41, 5.74) is 0.752. The van der Waals surface area contributed by atoms with Crippen molar-refractivity contribution in [1.82, 2.24) is 5.32 Å². The Morgan fingerprint density at radius 3 is 2.61 bits per heavy atom. The SMILES string of the molecule is C[C@H](OC(=O)CSc1ccc2c(c1)OCCO2)C(=O)NCc1ccc(F)cc1. The van der Waals surface area contributed by atoms with E-state index in [1.807, 2.05) is 12.1 Å². The van der Waals surface area contributed by atoms with Gasteiger partial charge in [-0.1, -0.05) is 12.1 Å². The summed E-state index contributed by atoms with van der Waals surface area (Å²) in [5.74, 6) is 0.150. The lowest BCUT2D eigenvalue weighted by Gasteiger charge is -2.18. The quantitative estimate of drug-likeness (QED) is 0.564. The summed E-state index contributed by atoms with van der Waals surface area (Å²) in [6, 6.07) is 11.2. The molecule has 2 aromatic carbocycles. The maximum atomic E-state index is 12.9. The molecule has 3 rings (SSSR count). The molecule has 1 aliphatic rings. The van der Waals surface area contributed by atoms with Gasteiger partial charge in [0.05, 0.1) is 5.75 Å². The highest BCUT2D eigenvalue weighted by molar-refractivity contribution is 8.00. The van der Waals surface area contributed by atoms with Crippen molar-refractivity contribution >= 4 is 23.6 Å². The van der Waals surface area contributed by atoms with Crippen LogP contribution in [0, 0.1) is 5.82 Å². The number of amides is 1. The molecule has 1 atom stereocenters. The van der Waals surface area contributed by atoms with Crippen LogP contribution in [0.4, 0.5) is 4.39 Å². The minimum atomic E-state index is -0.922. The van der Waals surface area contributed by atoms with Gasteiger partial charge < -0.3 is 19.5 Å². The highest BCUT2D eigenvalue weighted by atomic mass is 32.2. The predicted molar refractivity (Wildman–Crippen MR) is 102 cm³/mol. The second kappa shape index (κ2) is 9.45. The molecule has 0 aliphatic carbocycles. The van der Waals surface area contributed by atoms with Gasteiger partial charge in [0.25, 0.3) is 5.91 Å². The summed E-state index contributed by atoms with van der Waals surface area (Å²) in [6.07, 6.45) is -0.922. The van der Waals surface area contributed by atoms with Crippen molar-refractivity contribution in [2.75, 3.05) is 19.0 Å². The maximum Gasteiger partial charge on any atom is 0.317 e. The average molecular weight is 405 g/mol. The lowest BCUT2D eigenvalue weighted by atomic mass is 10.2. The molecular weight excluding hydrogens is 385 g/mol. The number of nitrogens with one attached hydrogen (secondary N) is 1. The Balaban J connectivity index is 1.42. The molecule has 0 aromatic heterocycles. The molecular formula is C20H20FNO5S. The van der Waals surface area contributed by atoms with E-state index in [-0.39, 0.29) is 18.1 Å². The predicted octanol–water partition coefficient (Wildman–Crippen LogP) is 2.94. The molecule has 1 heterocycles. The molecule has 0 saturated heterocycles. The van der Waals surface area contributed by atoms with Crippen molar-refractivity contribution in [2.45, 2.75) is 24.5 Å². The highest BCUT2D eigenvalue weighted by Gasteiger charge is 2.18. The van der Waals surface area contributed by atoms with Crippen LogP contribution in [-0.4, -0.2) is 36.9 Å². The normalized spacial score (nSPS) is 13.5. The number of thioether (sulfide) groups is 1. The maximum absolute atomic E-state index is 12.9. The van der Waals surface area contributed by atoms with Crippen molar-refractivity contribution in [2.24, 2.45) is 0 Å². The zero-order chi connectivity index (χ0) is 19.9. The van der Waals surface area contributed by atoms with Gasteiger partial charge >= 0.3 is 5.97 Å². The van der Waals surface area contributed by atoms with Crippen molar-refractivity contribution in [3.63, 3.8) is 0 Å². The first-order valence-corrected chi connectivity index (χ1v) is 9.74. The van der Waals surface area contributed by atoms with Gasteiger partial charge in [0.15, 0.2) is 17.6 Å². The van der Waals surface area contributed by atoms with Crippen LogP contribution in [0.2, 0.25) is 0 Å². The number of ether oxygens (including phenoxy) is 3. The van der Waals surface area contributed by atoms with E-state index >= 15 is 0 Å². The van der Waals surface area contributed by atoms with E-state index in [0.29, 0.717) is 24.7 Å². The number of hydrogen-bond acceptors (Lipinski definition) is 6. The molecule has 1 N–H and O–H groups in total. The van der Waals surface area contributed by atoms with Crippen molar-refractivity contribution in [3.05, 3.63) is 53.8 Å². The number of fused-ring (bicyclic) bond motifs is 1. The molecule has 0 radical (unpaired) electrons. The lowest BCUT2D eigenvalue weighted by molar-refractivity contribution is -0.152. The topological polar surface area (TPSA) is 73.9 Å². The Labute approximate surface area is 166 Å². The second-order valence-corrected chi connectivity index (χ2v) is 7.12. The Morgan fingerprint density at radius 1 is 1.14 bits per heavy atom. The first-order valence-electron chi connectivity index (χ1n) is 8.75. The van der Waals surface area contributed by atoms with Crippen molar-refractivity contribution in [3.8, 4) is 11.5 Å². The molecule has 6 nitrogen and oxygen atoms in total. The highest BCUT2D eigenvalue weighted by Crippen LogP contribution is 2.34. The van der Waals surface area contributed by atoms with Gasteiger partial charge in [-0.15, -0.1) is 11.8 Å². The van der Waals surface area contributed by atoms with Crippen LogP contribution in [0.15, 0.2) is 47.4 Å². The average Bonchev–Trinajstić information content (AvgIpc) is 2.71. The van der Waals surface area contributed by atoms with Crippen LogP contribution in [0.5, 0.6) is 11.5 Å². The van der Waals surface area contributed by atoms with E-state index in [2.05, 4.69) is 5.32 Å². The van der Waals surface area contributed by atoms with Gasteiger partial charge in [-0.2, -0.15) is 0 Å². The molecule has 0 saturated carbocycles. The molecule has 0 spiro atoms. The van der Waals surface area contributed by atoms with Gasteiger partial charge in [-0.05, 0) is 42.8 Å². The third-order valence-electron chi connectivity index (χ3n) is 3.93. The zero-order valence-corrected chi connectivity index (χ0v) is 16.1. The Morgan fingerprint density at radius 2 is 1.86 bits per heavy atom. The van der Waals surface area contributed by atoms with Crippen LogP contribution >= 0.6 is 11.8 Å². The fourth-order valence-corrected chi connectivity index (χ4v) is 3.18. The third kappa shape index (κ3) is 5.63. The number of esters is 1. The molecule has 2 aromatic rings. The van der Waals surface area contributed by atoms with Crippen LogP contribution in [0.3, 0.4) is 0 Å². The summed E-state index contributed by atoms with van der Waals surface area (Å²) < 4.78 is 29.0. The van der Waals surface area contributed by atoms with Crippen LogP contribution in [0.1, 0.15) is 12.5 Å². The van der Waals surface area contributed by atoms with Gasteiger partial charge in [-0.25, -0.2) is 4.39 Å². The van der Waals surface area contributed by atoms with E-state index in [1.54, 1.807) is 18.2 Å². The number of halogens is 1. The number of carbonyl (C=O) groups excluding carboxylic acids is 2. The molecule has 8 heteroatoms. The van der Waals surface area contributed by atoms with Gasteiger partial charge in [0, 0.05) is 11.4 Å². The van der Waals surface area contributed by atoms with Crippen LogP contribution in [-0.2, 0) is 20.9 Å². The molecule has 1 aliphatic heterocycles. The van der Waals surface area contributed by atoms with E-state index < -0.39 is 18.0 Å². The van der Waals surface area contributed by atoms with Crippen molar-refractivity contribution in [1.29, 1.82) is 0 Å². The molecule has 0 unspecified atom stereocenters. The summed E-state index contributed by atoms with van der Waals surface area (Å²) in [6.45, 7) is 2.75. The molecule has 0 bridgehead atoms. The fraction of sp³-hybridized carbons (Fsp3) is 0.300. The summed E-state index contributed by atoms with van der Waals surface area (Å²) >= 11 is 1.29. The Kier molecular flexibility index (Phi) is 6.76. The number of carbonyl (C=O) groups is 2. The summed E-state index contributed by atoms with van der Waals surface area (Å²) in [7, 11) is 0. The molecule has 28 heavy (non-hydrogen) atoms.